The number of hydrogen-bond acceptors (Lipinski definition) is 3. The van der Waals surface area contributed by atoms with Crippen LogP contribution in [0.5, 0.6) is 0 Å². The molecule has 5 heteroatoms. The number of carboxylic acid groups (broad SMARTS) is 1. The highest BCUT2D eigenvalue weighted by molar-refractivity contribution is 9.10. The van der Waals surface area contributed by atoms with Crippen LogP contribution >= 0.6 is 15.9 Å². The average Bonchev–Trinajstić information content (AvgIpc) is 2.28. The summed E-state index contributed by atoms with van der Waals surface area (Å²) >= 11 is 3.25. The third-order valence-corrected chi connectivity index (χ3v) is 2.74. The first-order valence-corrected chi connectivity index (χ1v) is 6.53. The average molecular weight is 301 g/mol. The SMILES string of the molecule is CCCN(CCC)c1cc(C(=O)O)cc(Br)n1. The zero-order valence-electron chi connectivity index (χ0n) is 10.1. The minimum Gasteiger partial charge on any atom is -0.478 e. The number of anilines is 1. The first-order chi connectivity index (χ1) is 8.08. The van der Waals surface area contributed by atoms with Crippen LogP contribution in [0.1, 0.15) is 37.0 Å². The van der Waals surface area contributed by atoms with Crippen LogP contribution in [-0.4, -0.2) is 29.1 Å². The van der Waals surface area contributed by atoms with Crippen LogP contribution in [0.25, 0.3) is 0 Å². The van der Waals surface area contributed by atoms with Crippen molar-refractivity contribution >= 4 is 27.7 Å². The molecule has 17 heavy (non-hydrogen) atoms. The third kappa shape index (κ3) is 4.00. The number of aromatic nitrogens is 1. The summed E-state index contributed by atoms with van der Waals surface area (Å²) in [5, 5.41) is 9.01. The summed E-state index contributed by atoms with van der Waals surface area (Å²) in [6.45, 7) is 5.96. The Kier molecular flexibility index (Phi) is 5.41. The molecule has 0 aliphatic carbocycles. The number of hydrogen-bond donors (Lipinski definition) is 1. The molecule has 1 rings (SSSR count). The fourth-order valence-corrected chi connectivity index (χ4v) is 2.08. The molecule has 0 spiro atoms. The van der Waals surface area contributed by atoms with Crippen molar-refractivity contribution in [2.45, 2.75) is 26.7 Å². The first kappa shape index (κ1) is 14.0. The highest BCUT2D eigenvalue weighted by atomic mass is 79.9. The fraction of sp³-hybridized carbons (Fsp3) is 0.500. The lowest BCUT2D eigenvalue weighted by Crippen LogP contribution is -2.26. The fourth-order valence-electron chi connectivity index (χ4n) is 1.65. The van der Waals surface area contributed by atoms with Gasteiger partial charge in [-0.15, -0.1) is 0 Å². The normalized spacial score (nSPS) is 10.3. The Morgan fingerprint density at radius 1 is 1.35 bits per heavy atom. The summed E-state index contributed by atoms with van der Waals surface area (Å²) < 4.78 is 0.560. The first-order valence-electron chi connectivity index (χ1n) is 5.74. The molecule has 0 bridgehead atoms. The molecule has 94 valence electrons. The van der Waals surface area contributed by atoms with Crippen LogP contribution in [0, 0.1) is 0 Å². The van der Waals surface area contributed by atoms with Gasteiger partial charge in [-0.05, 0) is 40.9 Å². The summed E-state index contributed by atoms with van der Waals surface area (Å²) in [6, 6.07) is 3.14. The molecule has 0 radical (unpaired) electrons. The second-order valence-electron chi connectivity index (χ2n) is 3.83. The standard InChI is InChI=1S/C12H17BrN2O2/c1-3-5-15(6-4-2)11-8-9(12(16)17)7-10(13)14-11/h7-8H,3-6H2,1-2H3,(H,16,17). The van der Waals surface area contributed by atoms with Crippen LogP contribution in [0.3, 0.4) is 0 Å². The Bertz CT molecular complexity index is 390. The van der Waals surface area contributed by atoms with Gasteiger partial charge in [0.05, 0.1) is 5.56 Å². The van der Waals surface area contributed by atoms with Gasteiger partial charge in [-0.25, -0.2) is 9.78 Å². The monoisotopic (exact) mass is 300 g/mol. The van der Waals surface area contributed by atoms with Gasteiger partial charge in [-0.2, -0.15) is 0 Å². The van der Waals surface area contributed by atoms with E-state index in [0.29, 0.717) is 4.60 Å². The van der Waals surface area contributed by atoms with Gasteiger partial charge < -0.3 is 10.0 Å². The second-order valence-corrected chi connectivity index (χ2v) is 4.64. The molecule has 1 heterocycles. The molecule has 1 N–H and O–H groups in total. The lowest BCUT2D eigenvalue weighted by atomic mass is 10.2. The van der Waals surface area contributed by atoms with Gasteiger partial charge in [0, 0.05) is 13.1 Å². The lowest BCUT2D eigenvalue weighted by Gasteiger charge is -2.22. The Morgan fingerprint density at radius 3 is 2.41 bits per heavy atom. The zero-order chi connectivity index (χ0) is 12.8. The van der Waals surface area contributed by atoms with E-state index in [9.17, 15) is 4.79 Å². The van der Waals surface area contributed by atoms with E-state index in [4.69, 9.17) is 5.11 Å². The topological polar surface area (TPSA) is 53.4 Å². The molecular weight excluding hydrogens is 284 g/mol. The number of aromatic carboxylic acids is 1. The second kappa shape index (κ2) is 6.59. The van der Waals surface area contributed by atoms with Gasteiger partial charge in [0.1, 0.15) is 10.4 Å². The van der Waals surface area contributed by atoms with Gasteiger partial charge in [-0.3, -0.25) is 0 Å². The van der Waals surface area contributed by atoms with Crippen molar-refractivity contribution in [1.82, 2.24) is 4.98 Å². The minimum atomic E-state index is -0.928. The number of rotatable bonds is 6. The maximum atomic E-state index is 11.0. The van der Waals surface area contributed by atoms with E-state index in [2.05, 4.69) is 39.7 Å². The van der Waals surface area contributed by atoms with Crippen LogP contribution < -0.4 is 4.90 Å². The van der Waals surface area contributed by atoms with Gasteiger partial charge in [-0.1, -0.05) is 13.8 Å². The predicted octanol–water partition coefficient (Wildman–Crippen LogP) is 3.17. The predicted molar refractivity (Wildman–Crippen MR) is 71.7 cm³/mol. The summed E-state index contributed by atoms with van der Waals surface area (Å²) in [6.07, 6.45) is 2.02. The molecule has 1 aromatic heterocycles. The highest BCUT2D eigenvalue weighted by Gasteiger charge is 2.11. The largest absolute Gasteiger partial charge is 0.478 e. The molecule has 0 atom stereocenters. The molecule has 0 aliphatic heterocycles. The maximum Gasteiger partial charge on any atom is 0.335 e. The van der Waals surface area contributed by atoms with Crippen molar-refractivity contribution in [2.75, 3.05) is 18.0 Å². The summed E-state index contributed by atoms with van der Waals surface area (Å²) in [5.74, 6) is -0.206. The molecule has 0 aromatic carbocycles. The van der Waals surface area contributed by atoms with E-state index in [1.54, 1.807) is 6.07 Å². The van der Waals surface area contributed by atoms with E-state index >= 15 is 0 Å². The summed E-state index contributed by atoms with van der Waals surface area (Å²) in [7, 11) is 0. The van der Waals surface area contributed by atoms with Crippen molar-refractivity contribution in [3.8, 4) is 0 Å². The molecule has 0 amide bonds. The van der Waals surface area contributed by atoms with Crippen LogP contribution in [0.4, 0.5) is 5.82 Å². The number of halogens is 1. The minimum absolute atomic E-state index is 0.263. The van der Waals surface area contributed by atoms with Crippen molar-refractivity contribution in [1.29, 1.82) is 0 Å². The van der Waals surface area contributed by atoms with Crippen LogP contribution in [0.2, 0.25) is 0 Å². The van der Waals surface area contributed by atoms with Gasteiger partial charge >= 0.3 is 5.97 Å². The molecule has 1 aromatic rings. The molecule has 0 unspecified atom stereocenters. The van der Waals surface area contributed by atoms with Gasteiger partial charge in [0.25, 0.3) is 0 Å². The van der Waals surface area contributed by atoms with E-state index in [0.717, 1.165) is 31.7 Å². The van der Waals surface area contributed by atoms with E-state index in [-0.39, 0.29) is 5.56 Å². The Labute approximate surface area is 110 Å². The Hall–Kier alpha value is -1.10. The van der Waals surface area contributed by atoms with Crippen LogP contribution in [0.15, 0.2) is 16.7 Å². The summed E-state index contributed by atoms with van der Waals surface area (Å²) in [5.41, 5.74) is 0.263. The zero-order valence-corrected chi connectivity index (χ0v) is 11.7. The van der Waals surface area contributed by atoms with Gasteiger partial charge in [0.2, 0.25) is 0 Å². The Morgan fingerprint density at radius 2 is 1.94 bits per heavy atom. The number of carboxylic acids is 1. The molecule has 0 saturated carbocycles. The van der Waals surface area contributed by atoms with Crippen molar-refractivity contribution in [3.63, 3.8) is 0 Å². The molecule has 0 fully saturated rings. The van der Waals surface area contributed by atoms with Gasteiger partial charge in [0.15, 0.2) is 0 Å². The van der Waals surface area contributed by atoms with Crippen LogP contribution in [-0.2, 0) is 0 Å². The van der Waals surface area contributed by atoms with Crippen molar-refractivity contribution in [2.24, 2.45) is 0 Å². The van der Waals surface area contributed by atoms with E-state index in [1.807, 2.05) is 0 Å². The Balaban J connectivity index is 3.04. The number of carbonyl (C=O) groups is 1. The third-order valence-electron chi connectivity index (χ3n) is 2.34. The maximum absolute atomic E-state index is 11.0. The van der Waals surface area contributed by atoms with Crippen molar-refractivity contribution in [3.05, 3.63) is 22.3 Å². The number of pyridine rings is 1. The molecule has 4 nitrogen and oxygen atoms in total. The number of nitrogens with zero attached hydrogens (tertiary/aromatic N) is 2. The molecule has 0 saturated heterocycles. The van der Waals surface area contributed by atoms with E-state index < -0.39 is 5.97 Å². The smallest absolute Gasteiger partial charge is 0.335 e. The summed E-state index contributed by atoms with van der Waals surface area (Å²) in [4.78, 5) is 17.4. The molecule has 0 aliphatic rings. The van der Waals surface area contributed by atoms with Crippen molar-refractivity contribution < 1.29 is 9.90 Å². The highest BCUT2D eigenvalue weighted by Crippen LogP contribution is 2.19. The lowest BCUT2D eigenvalue weighted by molar-refractivity contribution is 0.0696. The molecular formula is C12H17BrN2O2. The van der Waals surface area contributed by atoms with E-state index in [1.165, 1.54) is 6.07 Å². The quantitative estimate of drug-likeness (QED) is 0.820.